The molecule has 0 aliphatic heterocycles. The molecule has 7 nitrogen and oxygen atoms in total. The molecule has 1 aromatic heterocycles. The predicted molar refractivity (Wildman–Crippen MR) is 145 cm³/mol. The summed E-state index contributed by atoms with van der Waals surface area (Å²) in [7, 11) is 4.65. The lowest BCUT2D eigenvalue weighted by Crippen LogP contribution is -2.27. The molecule has 3 rings (SSSR count). The predicted octanol–water partition coefficient (Wildman–Crippen LogP) is 6.68. The van der Waals surface area contributed by atoms with Crippen molar-refractivity contribution in [3.63, 3.8) is 0 Å². The Morgan fingerprint density at radius 1 is 0.771 bits per heavy atom. The van der Waals surface area contributed by atoms with Crippen molar-refractivity contribution in [2.24, 2.45) is 0 Å². The van der Waals surface area contributed by atoms with E-state index in [1.54, 1.807) is 20.3 Å². The Balaban J connectivity index is 0.00000210. The van der Waals surface area contributed by atoms with E-state index in [0.29, 0.717) is 33.9 Å². The summed E-state index contributed by atoms with van der Waals surface area (Å²) in [6, 6.07) is 8.81. The molecule has 0 radical (unpaired) electrons. The second-order valence-corrected chi connectivity index (χ2v) is 12.7. The van der Waals surface area contributed by atoms with Crippen LogP contribution in [0.1, 0.15) is 34.6 Å². The molecular formula is C27H38O7S. The van der Waals surface area contributed by atoms with E-state index in [4.69, 9.17) is 27.5 Å². The molecule has 0 saturated carbocycles. The molecule has 0 bridgehead atoms. The number of hydrogen-bond donors (Lipinski definition) is 0. The fraction of sp³-hybridized carbons (Fsp3) is 0.444. The molecule has 0 N–H and O–H groups in total. The number of ether oxygens (including phenoxy) is 4. The molecule has 35 heavy (non-hydrogen) atoms. The first-order valence-electron chi connectivity index (χ1n) is 11.3. The van der Waals surface area contributed by atoms with Crippen molar-refractivity contribution in [3.8, 4) is 39.9 Å². The van der Waals surface area contributed by atoms with Crippen LogP contribution in [0.4, 0.5) is 0 Å². The van der Waals surface area contributed by atoms with Crippen LogP contribution in [0.15, 0.2) is 39.5 Å². The lowest BCUT2D eigenvalue weighted by atomic mass is 10.0. The molecule has 3 aromatic rings. The summed E-state index contributed by atoms with van der Waals surface area (Å²) < 4.78 is 34.0. The average Bonchev–Trinajstić information content (AvgIpc) is 2.82. The zero-order valence-electron chi connectivity index (χ0n) is 22.7. The Kier molecular flexibility index (Phi) is 9.00. The standard InChI is InChI=1S/C25H32O7S.C2H6/c1-25(2,3)33(8,9)32-19-12-15(10-11-18(19)27-4)16-14-21(26)31-22-17(16)13-20(28-5)23(29-6)24(22)30-7;1-2/h10-14H,1-9H3;1-2H3. The average molecular weight is 507 g/mol. The van der Waals surface area contributed by atoms with Crippen molar-refractivity contribution in [1.29, 1.82) is 0 Å². The van der Waals surface area contributed by atoms with Gasteiger partial charge in [0.15, 0.2) is 22.8 Å². The molecule has 0 atom stereocenters. The zero-order chi connectivity index (χ0) is 26.6. The summed E-state index contributed by atoms with van der Waals surface area (Å²) >= 11 is 0. The monoisotopic (exact) mass is 506 g/mol. The molecule has 194 valence electrons. The van der Waals surface area contributed by atoms with Crippen molar-refractivity contribution in [2.75, 3.05) is 41.0 Å². The molecule has 8 heteroatoms. The third kappa shape index (κ3) is 5.64. The highest BCUT2D eigenvalue weighted by molar-refractivity contribution is 8.30. The van der Waals surface area contributed by atoms with Gasteiger partial charge in [0.05, 0.1) is 28.4 Å². The molecular weight excluding hydrogens is 468 g/mol. The third-order valence-electron chi connectivity index (χ3n) is 5.79. The van der Waals surface area contributed by atoms with E-state index >= 15 is 0 Å². The van der Waals surface area contributed by atoms with Gasteiger partial charge in [-0.15, -0.1) is 0 Å². The van der Waals surface area contributed by atoms with Crippen LogP contribution in [-0.4, -0.2) is 45.7 Å². The fourth-order valence-corrected chi connectivity index (χ4v) is 4.08. The summed E-state index contributed by atoms with van der Waals surface area (Å²) in [6.45, 7) is 10.5. The van der Waals surface area contributed by atoms with Gasteiger partial charge in [-0.3, -0.25) is 0 Å². The summed E-state index contributed by atoms with van der Waals surface area (Å²) in [4.78, 5) is 12.5. The summed E-state index contributed by atoms with van der Waals surface area (Å²) in [5, 5.41) is 0.641. The normalized spacial score (nSPS) is 11.9. The van der Waals surface area contributed by atoms with Crippen molar-refractivity contribution < 1.29 is 27.5 Å². The minimum absolute atomic E-state index is 0.0498. The number of hydrogen-bond acceptors (Lipinski definition) is 7. The minimum atomic E-state index is -1.48. The lowest BCUT2D eigenvalue weighted by molar-refractivity contribution is 0.323. The molecule has 2 aromatic carbocycles. The molecule has 1 heterocycles. The quantitative estimate of drug-likeness (QED) is 0.331. The molecule has 0 fully saturated rings. The third-order valence-corrected chi connectivity index (χ3v) is 9.33. The maximum atomic E-state index is 12.5. The molecule has 0 unspecified atom stereocenters. The number of benzene rings is 2. The minimum Gasteiger partial charge on any atom is -0.493 e. The highest BCUT2D eigenvalue weighted by atomic mass is 32.3. The maximum absolute atomic E-state index is 12.5. The van der Waals surface area contributed by atoms with Crippen molar-refractivity contribution in [3.05, 3.63) is 40.8 Å². The van der Waals surface area contributed by atoms with Crippen LogP contribution < -0.4 is 28.8 Å². The molecule has 0 aliphatic rings. The van der Waals surface area contributed by atoms with Crippen LogP contribution in [0.2, 0.25) is 0 Å². The van der Waals surface area contributed by atoms with Gasteiger partial charge in [-0.25, -0.2) is 4.79 Å². The highest BCUT2D eigenvalue weighted by Gasteiger charge is 2.31. The molecule has 0 amide bonds. The van der Waals surface area contributed by atoms with Crippen LogP contribution in [-0.2, 0) is 0 Å². The van der Waals surface area contributed by atoms with E-state index in [1.165, 1.54) is 20.3 Å². The summed E-state index contributed by atoms with van der Waals surface area (Å²) in [5.74, 6) is 2.32. The lowest BCUT2D eigenvalue weighted by Gasteiger charge is -2.44. The highest BCUT2D eigenvalue weighted by Crippen LogP contribution is 2.55. The van der Waals surface area contributed by atoms with Crippen LogP contribution in [0, 0.1) is 0 Å². The maximum Gasteiger partial charge on any atom is 0.336 e. The summed E-state index contributed by atoms with van der Waals surface area (Å²) in [5.41, 5.74) is 1.18. The van der Waals surface area contributed by atoms with Gasteiger partial charge in [0.2, 0.25) is 11.5 Å². The van der Waals surface area contributed by atoms with Crippen LogP contribution >= 0.6 is 10.3 Å². The molecule has 0 saturated heterocycles. The number of fused-ring (bicyclic) bond motifs is 1. The van der Waals surface area contributed by atoms with Gasteiger partial charge >= 0.3 is 5.63 Å². The van der Waals surface area contributed by atoms with Gasteiger partial charge in [0.1, 0.15) is 0 Å². The van der Waals surface area contributed by atoms with E-state index in [0.717, 1.165) is 5.56 Å². The Hall–Kier alpha value is -3.00. The van der Waals surface area contributed by atoms with Gasteiger partial charge in [-0.05, 0) is 57.0 Å². The van der Waals surface area contributed by atoms with Gasteiger partial charge in [-0.1, -0.05) is 30.2 Å². The van der Waals surface area contributed by atoms with E-state index in [-0.39, 0.29) is 16.1 Å². The first-order valence-corrected chi connectivity index (χ1v) is 13.7. The largest absolute Gasteiger partial charge is 0.493 e. The van der Waals surface area contributed by atoms with E-state index in [1.807, 2.05) is 32.0 Å². The van der Waals surface area contributed by atoms with Gasteiger partial charge < -0.3 is 27.5 Å². The van der Waals surface area contributed by atoms with E-state index in [2.05, 4.69) is 33.3 Å². The Bertz CT molecular complexity index is 1220. The van der Waals surface area contributed by atoms with Crippen molar-refractivity contribution in [2.45, 2.75) is 39.4 Å². The van der Waals surface area contributed by atoms with Gasteiger partial charge in [-0.2, -0.15) is 0 Å². The Morgan fingerprint density at radius 3 is 1.89 bits per heavy atom. The smallest absolute Gasteiger partial charge is 0.336 e. The second kappa shape index (κ2) is 11.2. The number of methoxy groups -OCH3 is 4. The van der Waals surface area contributed by atoms with Crippen LogP contribution in [0.3, 0.4) is 0 Å². The molecule has 0 spiro atoms. The first-order chi connectivity index (χ1) is 16.5. The van der Waals surface area contributed by atoms with E-state index < -0.39 is 15.9 Å². The van der Waals surface area contributed by atoms with Crippen LogP contribution in [0.5, 0.6) is 28.7 Å². The van der Waals surface area contributed by atoms with E-state index in [9.17, 15) is 4.79 Å². The zero-order valence-corrected chi connectivity index (χ0v) is 23.5. The SMILES string of the molecule is CC.COc1ccc(-c2cc(=O)oc3c(OC)c(OC)c(OC)cc23)cc1OS(C)(C)C(C)(C)C. The molecule has 0 aliphatic carbocycles. The van der Waals surface area contributed by atoms with Crippen LogP contribution in [0.25, 0.3) is 22.1 Å². The topological polar surface area (TPSA) is 76.4 Å². The van der Waals surface area contributed by atoms with Gasteiger partial charge in [0, 0.05) is 21.8 Å². The van der Waals surface area contributed by atoms with Crippen molar-refractivity contribution >= 4 is 21.3 Å². The second-order valence-electron chi connectivity index (χ2n) is 8.80. The Morgan fingerprint density at radius 2 is 1.37 bits per heavy atom. The van der Waals surface area contributed by atoms with Gasteiger partial charge in [0.25, 0.3) is 0 Å². The Labute approximate surface area is 209 Å². The first kappa shape index (κ1) is 28.2. The fourth-order valence-electron chi connectivity index (χ4n) is 3.25. The summed E-state index contributed by atoms with van der Waals surface area (Å²) in [6.07, 6.45) is 4.24. The van der Waals surface area contributed by atoms with Crippen molar-refractivity contribution in [1.82, 2.24) is 0 Å². The number of rotatable bonds is 7.